The number of halogens is 1. The van der Waals surface area contributed by atoms with Crippen LogP contribution in [0.1, 0.15) is 25.7 Å². The van der Waals surface area contributed by atoms with Crippen molar-refractivity contribution in [2.75, 3.05) is 13.2 Å². The molecule has 0 aliphatic rings. The molecule has 0 heterocycles. The van der Waals surface area contributed by atoms with Crippen LogP contribution in [0.25, 0.3) is 44.2 Å². The lowest BCUT2D eigenvalue weighted by molar-refractivity contribution is -0.137. The lowest BCUT2D eigenvalue weighted by Gasteiger charge is -2.09. The van der Waals surface area contributed by atoms with Crippen molar-refractivity contribution in [1.29, 1.82) is 0 Å². The van der Waals surface area contributed by atoms with Crippen LogP contribution in [0.5, 0.6) is 5.75 Å². The van der Waals surface area contributed by atoms with E-state index in [2.05, 4.69) is 91.5 Å². The maximum absolute atomic E-state index is 11.0. The molecule has 0 unspecified atom stereocenters. The molecule has 0 saturated heterocycles. The van der Waals surface area contributed by atoms with Gasteiger partial charge < -0.3 is 9.47 Å². The highest BCUT2D eigenvalue weighted by Gasteiger charge is 2.05. The van der Waals surface area contributed by atoms with Crippen LogP contribution in [0.2, 0.25) is 5.02 Å². The van der Waals surface area contributed by atoms with Gasteiger partial charge in [0.2, 0.25) is 0 Å². The van der Waals surface area contributed by atoms with Gasteiger partial charge in [0.15, 0.2) is 0 Å². The molecule has 5 aromatic rings. The maximum atomic E-state index is 11.0. The van der Waals surface area contributed by atoms with E-state index in [4.69, 9.17) is 21.1 Å². The van der Waals surface area contributed by atoms with E-state index in [0.29, 0.717) is 13.2 Å². The summed E-state index contributed by atoms with van der Waals surface area (Å²) in [7, 11) is 0. The van der Waals surface area contributed by atoms with Crippen molar-refractivity contribution in [2.24, 2.45) is 0 Å². The number of ether oxygens (including phenoxy) is 2. The quantitative estimate of drug-likeness (QED) is 0.0864. The minimum atomic E-state index is -0.359. The van der Waals surface area contributed by atoms with Gasteiger partial charge in [-0.25, -0.2) is 4.79 Å². The van der Waals surface area contributed by atoms with Gasteiger partial charge in [-0.2, -0.15) is 0 Å². The minimum Gasteiger partial charge on any atom is -0.494 e. The van der Waals surface area contributed by atoms with Crippen LogP contribution >= 0.6 is 11.6 Å². The molecule has 0 aliphatic heterocycles. The second-order valence-corrected chi connectivity index (χ2v) is 10.4. The molecule has 0 saturated carbocycles. The number of benzene rings is 5. The Morgan fingerprint density at radius 1 is 0.634 bits per heavy atom. The van der Waals surface area contributed by atoms with Crippen LogP contribution in [-0.4, -0.2) is 19.2 Å². The van der Waals surface area contributed by atoms with E-state index >= 15 is 0 Å². The number of hydrogen-bond donors (Lipinski definition) is 0. The second kappa shape index (κ2) is 13.8. The Morgan fingerprint density at radius 3 is 1.73 bits per heavy atom. The van der Waals surface area contributed by atoms with Crippen LogP contribution in [0.4, 0.5) is 0 Å². The Kier molecular flexibility index (Phi) is 9.51. The Bertz CT molecular complexity index is 1600. The van der Waals surface area contributed by atoms with E-state index in [0.717, 1.165) is 52.8 Å². The first kappa shape index (κ1) is 28.2. The highest BCUT2D eigenvalue weighted by Crippen LogP contribution is 2.31. The molecule has 0 bridgehead atoms. The molecule has 3 nitrogen and oxygen atoms in total. The molecule has 41 heavy (non-hydrogen) atoms. The summed E-state index contributed by atoms with van der Waals surface area (Å²) in [5.74, 6) is 0.516. The predicted octanol–water partition coefficient (Wildman–Crippen LogP) is 10.2. The van der Waals surface area contributed by atoms with Gasteiger partial charge in [-0.05, 0) is 88.7 Å². The summed E-state index contributed by atoms with van der Waals surface area (Å²) in [6.45, 7) is 4.51. The number of esters is 1. The van der Waals surface area contributed by atoms with Gasteiger partial charge >= 0.3 is 5.97 Å². The lowest BCUT2D eigenvalue weighted by Crippen LogP contribution is -2.02. The third-order valence-corrected chi connectivity index (χ3v) is 7.50. The molecule has 0 radical (unpaired) electrons. The standard InChI is InChI=1S/C37H33ClO3/c1-2-37(39)41-25-6-4-3-5-24-40-34-21-18-30(19-22-34)29-12-10-27(11-13-29)28-14-16-31(17-15-28)32-20-23-35-33(26-32)8-7-9-36(35)38/h2,7-23,26H,1,3-6,24-25H2. The Labute approximate surface area is 247 Å². The van der Waals surface area contributed by atoms with Gasteiger partial charge in [-0.15, -0.1) is 0 Å². The van der Waals surface area contributed by atoms with Crippen molar-refractivity contribution in [1.82, 2.24) is 0 Å². The van der Waals surface area contributed by atoms with Gasteiger partial charge in [0, 0.05) is 16.5 Å². The van der Waals surface area contributed by atoms with Crippen molar-refractivity contribution in [3.05, 3.63) is 127 Å². The molecule has 0 spiro atoms. The molecule has 0 amide bonds. The second-order valence-electron chi connectivity index (χ2n) is 9.99. The molecular formula is C37H33ClO3. The lowest BCUT2D eigenvalue weighted by atomic mass is 9.97. The zero-order valence-electron chi connectivity index (χ0n) is 23.0. The maximum Gasteiger partial charge on any atom is 0.330 e. The third kappa shape index (κ3) is 7.45. The molecule has 5 rings (SSSR count). The summed E-state index contributed by atoms with van der Waals surface area (Å²) >= 11 is 6.33. The molecule has 0 N–H and O–H groups in total. The Morgan fingerprint density at radius 2 is 1.15 bits per heavy atom. The fraction of sp³-hybridized carbons (Fsp3) is 0.162. The summed E-state index contributed by atoms with van der Waals surface area (Å²) in [4.78, 5) is 11.0. The van der Waals surface area contributed by atoms with E-state index in [-0.39, 0.29) is 5.97 Å². The van der Waals surface area contributed by atoms with Crippen LogP contribution < -0.4 is 4.74 Å². The molecular weight excluding hydrogens is 528 g/mol. The Balaban J connectivity index is 1.12. The number of unbranched alkanes of at least 4 members (excludes halogenated alkanes) is 3. The normalized spacial score (nSPS) is 10.9. The van der Waals surface area contributed by atoms with Crippen molar-refractivity contribution in [3.8, 4) is 39.1 Å². The number of hydrogen-bond acceptors (Lipinski definition) is 3. The average molecular weight is 561 g/mol. The fourth-order valence-electron chi connectivity index (χ4n) is 4.86. The number of carbonyl (C=O) groups is 1. The minimum absolute atomic E-state index is 0.359. The number of fused-ring (bicyclic) bond motifs is 1. The molecule has 0 fully saturated rings. The van der Waals surface area contributed by atoms with Gasteiger partial charge in [0.25, 0.3) is 0 Å². The van der Waals surface area contributed by atoms with E-state index < -0.39 is 0 Å². The fourth-order valence-corrected chi connectivity index (χ4v) is 5.10. The molecule has 0 aromatic heterocycles. The summed E-state index contributed by atoms with van der Waals surface area (Å²) in [6, 6.07) is 38.1. The highest BCUT2D eigenvalue weighted by molar-refractivity contribution is 6.35. The zero-order valence-corrected chi connectivity index (χ0v) is 23.8. The average Bonchev–Trinajstić information content (AvgIpc) is 3.02. The van der Waals surface area contributed by atoms with Crippen molar-refractivity contribution in [2.45, 2.75) is 25.7 Å². The third-order valence-electron chi connectivity index (χ3n) is 7.17. The first-order valence-electron chi connectivity index (χ1n) is 14.0. The summed E-state index contributed by atoms with van der Waals surface area (Å²) in [5, 5.41) is 3.00. The van der Waals surface area contributed by atoms with Gasteiger partial charge in [-0.1, -0.05) is 103 Å². The van der Waals surface area contributed by atoms with Crippen LogP contribution in [0.3, 0.4) is 0 Å². The SMILES string of the molecule is C=CC(=O)OCCCCCCOc1ccc(-c2ccc(-c3ccc(-c4ccc5c(Cl)cccc5c4)cc3)cc2)cc1. The van der Waals surface area contributed by atoms with Crippen molar-refractivity contribution in [3.63, 3.8) is 0 Å². The Hall–Kier alpha value is -4.34. The van der Waals surface area contributed by atoms with Crippen molar-refractivity contribution >= 4 is 28.3 Å². The molecule has 0 aliphatic carbocycles. The molecule has 4 heteroatoms. The van der Waals surface area contributed by atoms with E-state index in [1.807, 2.05) is 24.3 Å². The topological polar surface area (TPSA) is 35.5 Å². The first-order valence-corrected chi connectivity index (χ1v) is 14.4. The van der Waals surface area contributed by atoms with E-state index in [9.17, 15) is 4.79 Å². The number of carbonyl (C=O) groups excluding carboxylic acids is 1. The molecule has 206 valence electrons. The largest absolute Gasteiger partial charge is 0.494 e. The summed E-state index contributed by atoms with van der Waals surface area (Å²) in [6.07, 6.45) is 5.07. The number of rotatable bonds is 12. The van der Waals surface area contributed by atoms with E-state index in [1.54, 1.807) is 0 Å². The van der Waals surface area contributed by atoms with Crippen LogP contribution in [-0.2, 0) is 9.53 Å². The smallest absolute Gasteiger partial charge is 0.330 e. The van der Waals surface area contributed by atoms with Crippen LogP contribution in [0, 0.1) is 0 Å². The van der Waals surface area contributed by atoms with Gasteiger partial charge in [0.05, 0.1) is 13.2 Å². The molecule has 5 aromatic carbocycles. The van der Waals surface area contributed by atoms with E-state index in [1.165, 1.54) is 33.9 Å². The van der Waals surface area contributed by atoms with Crippen molar-refractivity contribution < 1.29 is 14.3 Å². The first-order chi connectivity index (χ1) is 20.1. The van der Waals surface area contributed by atoms with Crippen LogP contribution in [0.15, 0.2) is 122 Å². The predicted molar refractivity (Wildman–Crippen MR) is 170 cm³/mol. The van der Waals surface area contributed by atoms with Gasteiger partial charge in [-0.3, -0.25) is 0 Å². The highest BCUT2D eigenvalue weighted by atomic mass is 35.5. The summed E-state index contributed by atoms with van der Waals surface area (Å²) in [5.41, 5.74) is 7.06. The zero-order chi connectivity index (χ0) is 28.4. The van der Waals surface area contributed by atoms with Gasteiger partial charge in [0.1, 0.15) is 5.75 Å². The monoisotopic (exact) mass is 560 g/mol. The summed E-state index contributed by atoms with van der Waals surface area (Å²) < 4.78 is 10.9. The molecule has 0 atom stereocenters.